The van der Waals surface area contributed by atoms with Crippen LogP contribution >= 0.6 is 23.2 Å². The standard InChI is InChI=1S/C27H29Cl2NO6/c1-6-34-26(31)22-15(3)30-16(4)23(27(32)35-7-2)24(22)18-12-20(29)25(21(13-18)33-5)36-14-17-8-10-19(28)11-9-17/h8-13,24,30H,6-7,14H2,1-5H3. The molecule has 3 rings (SSSR count). The summed E-state index contributed by atoms with van der Waals surface area (Å²) >= 11 is 12.6. The molecular weight excluding hydrogens is 505 g/mol. The Labute approximate surface area is 221 Å². The Morgan fingerprint density at radius 3 is 1.97 bits per heavy atom. The molecular formula is C27H29Cl2NO6. The minimum atomic E-state index is -0.791. The third-order valence-corrected chi connectivity index (χ3v) is 6.17. The fourth-order valence-electron chi connectivity index (χ4n) is 4.07. The monoisotopic (exact) mass is 533 g/mol. The summed E-state index contributed by atoms with van der Waals surface area (Å²) in [5, 5.41) is 4.00. The van der Waals surface area contributed by atoms with Crippen molar-refractivity contribution in [2.24, 2.45) is 0 Å². The largest absolute Gasteiger partial charge is 0.493 e. The number of methoxy groups -OCH3 is 1. The third kappa shape index (κ3) is 5.97. The molecule has 0 spiro atoms. The van der Waals surface area contributed by atoms with Crippen molar-refractivity contribution in [3.05, 3.63) is 80.1 Å². The smallest absolute Gasteiger partial charge is 0.336 e. The predicted molar refractivity (Wildman–Crippen MR) is 138 cm³/mol. The molecule has 1 aliphatic rings. The third-order valence-electron chi connectivity index (χ3n) is 5.63. The minimum absolute atomic E-state index is 0.182. The summed E-state index contributed by atoms with van der Waals surface area (Å²) in [4.78, 5) is 26.0. The molecule has 0 saturated carbocycles. The van der Waals surface area contributed by atoms with Gasteiger partial charge in [0.2, 0.25) is 0 Å². The van der Waals surface area contributed by atoms with Gasteiger partial charge in [0.1, 0.15) is 6.61 Å². The highest BCUT2D eigenvalue weighted by Gasteiger charge is 2.38. The molecule has 0 amide bonds. The SMILES string of the molecule is CCOC(=O)C1=C(C)NC(C)=C(C(=O)OCC)C1c1cc(Cl)c(OCc2ccc(Cl)cc2)c(OC)c1. The van der Waals surface area contributed by atoms with E-state index in [-0.39, 0.29) is 24.8 Å². The van der Waals surface area contributed by atoms with Crippen molar-refractivity contribution in [1.29, 1.82) is 0 Å². The van der Waals surface area contributed by atoms with E-state index in [4.69, 9.17) is 42.1 Å². The Balaban J connectivity index is 2.09. The maximum Gasteiger partial charge on any atom is 0.336 e. The number of carbonyl (C=O) groups excluding carboxylic acids is 2. The van der Waals surface area contributed by atoms with Crippen LogP contribution in [0.2, 0.25) is 10.0 Å². The molecule has 0 radical (unpaired) electrons. The Morgan fingerprint density at radius 2 is 1.47 bits per heavy atom. The van der Waals surface area contributed by atoms with Crippen LogP contribution in [0.4, 0.5) is 0 Å². The zero-order chi connectivity index (χ0) is 26.4. The first-order valence-corrected chi connectivity index (χ1v) is 12.2. The van der Waals surface area contributed by atoms with E-state index in [1.165, 1.54) is 7.11 Å². The van der Waals surface area contributed by atoms with E-state index in [1.54, 1.807) is 52.0 Å². The molecule has 1 N–H and O–H groups in total. The van der Waals surface area contributed by atoms with Crippen LogP contribution < -0.4 is 14.8 Å². The molecule has 2 aromatic carbocycles. The molecule has 0 aromatic heterocycles. The van der Waals surface area contributed by atoms with Crippen LogP contribution in [0.25, 0.3) is 0 Å². The topological polar surface area (TPSA) is 83.1 Å². The van der Waals surface area contributed by atoms with Gasteiger partial charge in [0.05, 0.1) is 42.4 Å². The number of halogens is 2. The van der Waals surface area contributed by atoms with E-state index in [9.17, 15) is 9.59 Å². The van der Waals surface area contributed by atoms with Crippen LogP contribution in [0.1, 0.15) is 44.7 Å². The summed E-state index contributed by atoms with van der Waals surface area (Å²) in [6.07, 6.45) is 0. The van der Waals surface area contributed by atoms with E-state index in [1.807, 2.05) is 12.1 Å². The van der Waals surface area contributed by atoms with Gasteiger partial charge in [0.15, 0.2) is 11.5 Å². The molecule has 0 saturated heterocycles. The van der Waals surface area contributed by atoms with Crippen molar-refractivity contribution >= 4 is 35.1 Å². The second-order valence-corrected chi connectivity index (χ2v) is 8.87. The van der Waals surface area contributed by atoms with Gasteiger partial charge in [-0.15, -0.1) is 0 Å². The van der Waals surface area contributed by atoms with Crippen LogP contribution in [0.5, 0.6) is 11.5 Å². The number of rotatable bonds is 9. The first kappa shape index (κ1) is 27.4. The highest BCUT2D eigenvalue weighted by Crippen LogP contribution is 2.45. The lowest BCUT2D eigenvalue weighted by Gasteiger charge is -2.31. The van der Waals surface area contributed by atoms with Gasteiger partial charge in [-0.05, 0) is 63.1 Å². The van der Waals surface area contributed by atoms with Crippen molar-refractivity contribution in [1.82, 2.24) is 5.32 Å². The van der Waals surface area contributed by atoms with Crippen molar-refractivity contribution in [3.8, 4) is 11.5 Å². The molecule has 9 heteroatoms. The molecule has 1 heterocycles. The van der Waals surface area contributed by atoms with E-state index in [2.05, 4.69) is 5.32 Å². The molecule has 0 unspecified atom stereocenters. The van der Waals surface area contributed by atoms with Crippen molar-refractivity contribution in [2.45, 2.75) is 40.2 Å². The van der Waals surface area contributed by atoms with Crippen LogP contribution in [0.15, 0.2) is 58.9 Å². The normalized spacial score (nSPS) is 13.9. The van der Waals surface area contributed by atoms with E-state index >= 15 is 0 Å². The van der Waals surface area contributed by atoms with E-state index in [0.717, 1.165) is 5.56 Å². The van der Waals surface area contributed by atoms with Crippen molar-refractivity contribution in [3.63, 3.8) is 0 Å². The number of ether oxygens (including phenoxy) is 4. The minimum Gasteiger partial charge on any atom is -0.493 e. The molecule has 0 atom stereocenters. The van der Waals surface area contributed by atoms with Gasteiger partial charge in [-0.1, -0.05) is 35.3 Å². The number of allylic oxidation sites excluding steroid dienone is 2. The predicted octanol–water partition coefficient (Wildman–Crippen LogP) is 5.94. The summed E-state index contributed by atoms with van der Waals surface area (Å²) in [6, 6.07) is 10.6. The van der Waals surface area contributed by atoms with Gasteiger partial charge in [0.25, 0.3) is 0 Å². The lowest BCUT2D eigenvalue weighted by molar-refractivity contribution is -0.139. The van der Waals surface area contributed by atoms with Crippen LogP contribution in [0.3, 0.4) is 0 Å². The average Bonchev–Trinajstić information content (AvgIpc) is 2.83. The average molecular weight is 534 g/mol. The van der Waals surface area contributed by atoms with Crippen molar-refractivity contribution < 1.29 is 28.5 Å². The summed E-state index contributed by atoms with van der Waals surface area (Å²) < 4.78 is 22.2. The molecule has 1 aliphatic heterocycles. The van der Waals surface area contributed by atoms with Gasteiger partial charge < -0.3 is 24.3 Å². The van der Waals surface area contributed by atoms with Gasteiger partial charge >= 0.3 is 11.9 Å². The van der Waals surface area contributed by atoms with Gasteiger partial charge in [-0.3, -0.25) is 0 Å². The number of esters is 2. The highest BCUT2D eigenvalue weighted by atomic mass is 35.5. The quantitative estimate of drug-likeness (QED) is 0.399. The number of hydrogen-bond acceptors (Lipinski definition) is 7. The first-order chi connectivity index (χ1) is 17.2. The second-order valence-electron chi connectivity index (χ2n) is 8.03. The lowest BCUT2D eigenvalue weighted by atomic mass is 9.80. The Bertz CT molecular complexity index is 1160. The lowest BCUT2D eigenvalue weighted by Crippen LogP contribution is -2.32. The number of hydrogen-bond donors (Lipinski definition) is 1. The summed E-state index contributed by atoms with van der Waals surface area (Å²) in [7, 11) is 1.49. The fraction of sp³-hybridized carbons (Fsp3) is 0.333. The molecule has 7 nitrogen and oxygen atoms in total. The number of carbonyl (C=O) groups is 2. The second kappa shape index (κ2) is 12.2. The van der Waals surface area contributed by atoms with Crippen molar-refractivity contribution in [2.75, 3.05) is 20.3 Å². The van der Waals surface area contributed by atoms with Gasteiger partial charge in [0, 0.05) is 16.4 Å². The first-order valence-electron chi connectivity index (χ1n) is 11.5. The molecule has 2 aromatic rings. The zero-order valence-electron chi connectivity index (χ0n) is 20.9. The summed E-state index contributed by atoms with van der Waals surface area (Å²) in [5.41, 5.74) is 3.18. The van der Waals surface area contributed by atoms with E-state index in [0.29, 0.717) is 44.6 Å². The summed E-state index contributed by atoms with van der Waals surface area (Å²) in [6.45, 7) is 7.56. The summed E-state index contributed by atoms with van der Waals surface area (Å²) in [5.74, 6) is -1.18. The molecule has 192 valence electrons. The number of dihydropyridines is 1. The molecule has 0 aliphatic carbocycles. The molecule has 0 fully saturated rings. The Kier molecular flexibility index (Phi) is 9.29. The van der Waals surface area contributed by atoms with Gasteiger partial charge in [-0.25, -0.2) is 9.59 Å². The Morgan fingerprint density at radius 1 is 0.917 bits per heavy atom. The molecule has 0 bridgehead atoms. The van der Waals surface area contributed by atoms with Crippen LogP contribution in [0, 0.1) is 0 Å². The molecule has 36 heavy (non-hydrogen) atoms. The maximum absolute atomic E-state index is 13.0. The highest BCUT2D eigenvalue weighted by molar-refractivity contribution is 6.32. The zero-order valence-corrected chi connectivity index (χ0v) is 22.4. The Hall–Kier alpha value is -3.16. The maximum atomic E-state index is 13.0. The number of benzene rings is 2. The van der Waals surface area contributed by atoms with Crippen LogP contribution in [-0.2, 0) is 25.7 Å². The fourth-order valence-corrected chi connectivity index (χ4v) is 4.47. The van der Waals surface area contributed by atoms with Gasteiger partial charge in [-0.2, -0.15) is 0 Å². The van der Waals surface area contributed by atoms with E-state index < -0.39 is 17.9 Å². The number of nitrogens with one attached hydrogen (secondary N) is 1. The van der Waals surface area contributed by atoms with Crippen LogP contribution in [-0.4, -0.2) is 32.3 Å².